The molecule has 0 unspecified atom stereocenters. The van der Waals surface area contributed by atoms with Crippen LogP contribution >= 0.6 is 0 Å². The maximum atomic E-state index is 14.1. The number of hydrogen-bond donors (Lipinski definition) is 4. The van der Waals surface area contributed by atoms with Gasteiger partial charge in [-0.15, -0.1) is 0 Å². The van der Waals surface area contributed by atoms with Gasteiger partial charge in [-0.05, 0) is 112 Å². The van der Waals surface area contributed by atoms with Gasteiger partial charge in [0, 0.05) is 23.5 Å². The number of carbonyl (C=O) groups excluding carboxylic acids is 3. The van der Waals surface area contributed by atoms with Crippen molar-refractivity contribution in [3.63, 3.8) is 0 Å². The van der Waals surface area contributed by atoms with Crippen LogP contribution in [-0.2, 0) is 38.1 Å². The van der Waals surface area contributed by atoms with E-state index in [9.17, 15) is 34.8 Å². The first-order valence-corrected chi connectivity index (χ1v) is 21.9. The van der Waals surface area contributed by atoms with Gasteiger partial charge in [-0.1, -0.05) is 72.3 Å². The fourth-order valence-electron chi connectivity index (χ4n) is 13.4. The van der Waals surface area contributed by atoms with E-state index < -0.39 is 89.6 Å². The fraction of sp³-hybridized carbons (Fsp3) is 0.809. The lowest BCUT2D eigenvalue weighted by atomic mass is 9.33. The highest BCUT2D eigenvalue weighted by molar-refractivity contribution is 5.89. The second-order valence-corrected chi connectivity index (χ2v) is 20.9. The maximum Gasteiger partial charge on any atom is 0.333 e. The van der Waals surface area contributed by atoms with Gasteiger partial charge in [0.1, 0.15) is 30.5 Å². The van der Waals surface area contributed by atoms with E-state index in [4.69, 9.17) is 23.7 Å². The molecule has 0 aromatic heterocycles. The van der Waals surface area contributed by atoms with Crippen molar-refractivity contribution in [3.05, 3.63) is 34.9 Å². The fourth-order valence-corrected chi connectivity index (χ4v) is 13.4. The summed E-state index contributed by atoms with van der Waals surface area (Å²) in [5.74, 6) is -1.61. The monoisotopic (exact) mass is 829 g/mol. The number of fused-ring (bicyclic) bond motifs is 7. The first-order chi connectivity index (χ1) is 27.4. The van der Waals surface area contributed by atoms with E-state index in [1.54, 1.807) is 39.8 Å². The van der Waals surface area contributed by atoms with E-state index in [2.05, 4.69) is 40.7 Å². The van der Waals surface area contributed by atoms with Crippen molar-refractivity contribution in [1.82, 2.24) is 0 Å². The minimum absolute atomic E-state index is 0.0623. The summed E-state index contributed by atoms with van der Waals surface area (Å²) in [7, 11) is 0. The molecule has 0 bridgehead atoms. The number of rotatable bonds is 9. The molecule has 0 aromatic carbocycles. The van der Waals surface area contributed by atoms with Gasteiger partial charge >= 0.3 is 17.9 Å². The zero-order chi connectivity index (χ0) is 43.8. The van der Waals surface area contributed by atoms with Gasteiger partial charge in [-0.25, -0.2) is 9.59 Å². The largest absolute Gasteiger partial charge is 0.462 e. The zero-order valence-corrected chi connectivity index (χ0v) is 37.5. The summed E-state index contributed by atoms with van der Waals surface area (Å²) in [4.78, 5) is 41.4. The number of ether oxygens (including phenoxy) is 5. The third-order valence-corrected chi connectivity index (χ3v) is 17.3. The molecular formula is C47H72O12. The van der Waals surface area contributed by atoms with E-state index in [0.29, 0.717) is 29.9 Å². The van der Waals surface area contributed by atoms with Gasteiger partial charge in [0.25, 0.3) is 0 Å². The molecule has 0 spiro atoms. The predicted molar refractivity (Wildman–Crippen MR) is 219 cm³/mol. The summed E-state index contributed by atoms with van der Waals surface area (Å²) in [5, 5.41) is 43.1. The van der Waals surface area contributed by atoms with Gasteiger partial charge < -0.3 is 44.1 Å². The number of hydrogen-bond acceptors (Lipinski definition) is 12. The molecule has 12 nitrogen and oxygen atoms in total. The SMILES string of the molecule is C/C=C(\C)C(=O)O[C@H]1[C@H](OC(=O)/C(C)=C/C)[C@]2(CO[C@@H]3O[C@H](CO)[C@H](O)[C@@H]3O)[C@H](OC(C)=O)C[C@]3(C)C(=CC[C@@H]4[C@@]5(C)CC[C@H](O)C(C)(C)[C@@H]5CC[C@]43C)[C@@H]2CC1(C)C. The van der Waals surface area contributed by atoms with Gasteiger partial charge in [-0.3, -0.25) is 4.79 Å². The average Bonchev–Trinajstić information content (AvgIpc) is 3.44. The van der Waals surface area contributed by atoms with Crippen molar-refractivity contribution >= 4 is 17.9 Å². The molecule has 12 heteroatoms. The minimum atomic E-state index is -1.51. The molecule has 4 N–H and O–H groups in total. The lowest BCUT2D eigenvalue weighted by Crippen LogP contribution is -2.73. The van der Waals surface area contributed by atoms with Gasteiger partial charge in [0.2, 0.25) is 0 Å². The van der Waals surface area contributed by atoms with Crippen LogP contribution in [0.15, 0.2) is 34.9 Å². The Labute approximate surface area is 351 Å². The Kier molecular flexibility index (Phi) is 12.4. The average molecular weight is 829 g/mol. The highest BCUT2D eigenvalue weighted by atomic mass is 16.7. The molecule has 5 aliphatic carbocycles. The molecule has 332 valence electrons. The zero-order valence-electron chi connectivity index (χ0n) is 37.5. The third kappa shape index (κ3) is 7.07. The van der Waals surface area contributed by atoms with Crippen molar-refractivity contribution < 1.29 is 58.5 Å². The van der Waals surface area contributed by atoms with Crippen LogP contribution in [0.5, 0.6) is 0 Å². The highest BCUT2D eigenvalue weighted by Gasteiger charge is 2.75. The van der Waals surface area contributed by atoms with Crippen molar-refractivity contribution in [2.24, 2.45) is 50.2 Å². The van der Waals surface area contributed by atoms with E-state index >= 15 is 0 Å². The smallest absolute Gasteiger partial charge is 0.333 e. The maximum absolute atomic E-state index is 14.1. The topological polar surface area (TPSA) is 178 Å². The molecule has 1 aliphatic heterocycles. The third-order valence-electron chi connectivity index (χ3n) is 17.3. The van der Waals surface area contributed by atoms with Crippen LogP contribution in [0.3, 0.4) is 0 Å². The summed E-state index contributed by atoms with van der Waals surface area (Å²) >= 11 is 0. The molecule has 15 atom stereocenters. The standard InChI is InChI=1S/C47H72O12/c1-13-25(3)39(53)58-37-38(59-40(54)26(4)14-2)47(24-55-41-36(52)35(51)30(23-48)57-41)29(21-42(37,6)7)28-15-16-32-44(10)19-18-33(50)43(8,9)31(44)17-20-45(32,11)46(28,12)22-34(47)56-27(5)49/h13-15,29-38,41,48,50-52H,16-24H2,1-12H3/b25-13+,26-14+/t29-,30+,31-,32+,33-,34+,35-,36-,37-,38-,41+,44-,45+,46+,47-/m0/s1. The summed E-state index contributed by atoms with van der Waals surface area (Å²) in [5.41, 5.74) is -1.41. The van der Waals surface area contributed by atoms with Crippen LogP contribution in [0.4, 0.5) is 0 Å². The first kappa shape index (κ1) is 45.9. The highest BCUT2D eigenvalue weighted by Crippen LogP contribution is 2.76. The summed E-state index contributed by atoms with van der Waals surface area (Å²) in [6.07, 6.45) is 1.77. The van der Waals surface area contributed by atoms with Crippen LogP contribution in [0.1, 0.15) is 128 Å². The number of aliphatic hydroxyl groups is 4. The predicted octanol–water partition coefficient (Wildman–Crippen LogP) is 6.12. The van der Waals surface area contributed by atoms with E-state index in [1.807, 2.05) is 13.8 Å². The molecule has 0 amide bonds. The molecule has 5 fully saturated rings. The van der Waals surface area contributed by atoms with Crippen LogP contribution < -0.4 is 0 Å². The first-order valence-electron chi connectivity index (χ1n) is 21.9. The van der Waals surface area contributed by atoms with Gasteiger partial charge in [0.05, 0.1) is 24.7 Å². The normalized spacial score (nSPS) is 45.2. The molecule has 6 aliphatic rings. The summed E-state index contributed by atoms with van der Waals surface area (Å²) in [6.45, 7) is 22.9. The Morgan fingerprint density at radius 1 is 0.814 bits per heavy atom. The van der Waals surface area contributed by atoms with E-state index in [-0.39, 0.29) is 34.9 Å². The second kappa shape index (κ2) is 15.9. The number of esters is 3. The van der Waals surface area contributed by atoms with Crippen molar-refractivity contribution in [2.45, 2.75) is 177 Å². The van der Waals surface area contributed by atoms with Crippen LogP contribution in [0.2, 0.25) is 0 Å². The molecule has 0 radical (unpaired) electrons. The lowest BCUT2D eigenvalue weighted by molar-refractivity contribution is -0.286. The molecule has 59 heavy (non-hydrogen) atoms. The van der Waals surface area contributed by atoms with Crippen LogP contribution in [-0.4, -0.2) is 101 Å². The Morgan fingerprint density at radius 3 is 1.98 bits per heavy atom. The van der Waals surface area contributed by atoms with Crippen molar-refractivity contribution in [3.8, 4) is 0 Å². The molecule has 4 saturated carbocycles. The Morgan fingerprint density at radius 2 is 1.42 bits per heavy atom. The lowest BCUT2D eigenvalue weighted by Gasteiger charge is -2.72. The Hall–Kier alpha value is -2.61. The van der Waals surface area contributed by atoms with Crippen molar-refractivity contribution in [1.29, 1.82) is 0 Å². The quantitative estimate of drug-likeness (QED) is 0.0908. The van der Waals surface area contributed by atoms with Gasteiger partial charge in [-0.2, -0.15) is 0 Å². The molecular weight excluding hydrogens is 757 g/mol. The summed E-state index contributed by atoms with van der Waals surface area (Å²) in [6, 6.07) is 0. The number of carbonyl (C=O) groups is 3. The van der Waals surface area contributed by atoms with Crippen LogP contribution in [0.25, 0.3) is 0 Å². The molecule has 6 rings (SSSR count). The van der Waals surface area contributed by atoms with E-state index in [1.165, 1.54) is 6.92 Å². The number of aliphatic hydroxyl groups excluding tert-OH is 4. The summed E-state index contributed by atoms with van der Waals surface area (Å²) < 4.78 is 32.0. The van der Waals surface area contributed by atoms with Crippen molar-refractivity contribution in [2.75, 3.05) is 13.2 Å². The van der Waals surface area contributed by atoms with Crippen LogP contribution in [0, 0.1) is 50.2 Å². The molecule has 1 saturated heterocycles. The minimum Gasteiger partial charge on any atom is -0.462 e. The molecule has 0 aromatic rings. The number of allylic oxidation sites excluding steroid dienone is 4. The second-order valence-electron chi connectivity index (χ2n) is 20.9. The Bertz CT molecular complexity index is 1750. The van der Waals surface area contributed by atoms with Gasteiger partial charge in [0.15, 0.2) is 12.4 Å². The Balaban J connectivity index is 1.58. The molecule has 1 heterocycles. The van der Waals surface area contributed by atoms with E-state index in [0.717, 1.165) is 37.7 Å².